The molecule has 154 valence electrons. The van der Waals surface area contributed by atoms with Crippen LogP contribution in [0.15, 0.2) is 72.9 Å². The van der Waals surface area contributed by atoms with Crippen molar-refractivity contribution in [3.8, 4) is 5.75 Å². The van der Waals surface area contributed by atoms with E-state index in [-0.39, 0.29) is 6.03 Å². The Labute approximate surface area is 181 Å². The third-order valence-electron chi connectivity index (χ3n) is 4.96. The van der Waals surface area contributed by atoms with Crippen LogP contribution in [0.2, 0.25) is 5.02 Å². The number of benzene rings is 2. The highest BCUT2D eigenvalue weighted by molar-refractivity contribution is 6.32. The third kappa shape index (κ3) is 5.02. The van der Waals surface area contributed by atoms with Gasteiger partial charge in [-0.1, -0.05) is 41.9 Å². The van der Waals surface area contributed by atoms with Crippen LogP contribution in [-0.4, -0.2) is 42.1 Å². The molecule has 2 aromatic carbocycles. The highest BCUT2D eigenvalue weighted by atomic mass is 35.5. The lowest BCUT2D eigenvalue weighted by atomic mass is 10.2. The standard InChI is InChI=1S/C23H23ClN4O2/c24-21-7-4-12-25-22(21)27-13-15-28(16-14-27)23(29)26-19-8-10-20(11-9-19)30-17-18-5-2-1-3-6-18/h1-12H,13-17H2,(H,26,29). The number of carbonyl (C=O) groups excluding carboxylic acids is 1. The molecule has 0 aliphatic carbocycles. The van der Waals surface area contributed by atoms with Crippen LogP contribution in [0.5, 0.6) is 5.75 Å². The lowest BCUT2D eigenvalue weighted by Gasteiger charge is -2.35. The molecular weight excluding hydrogens is 400 g/mol. The molecule has 1 aliphatic heterocycles. The molecule has 7 heteroatoms. The first-order valence-electron chi connectivity index (χ1n) is 9.87. The molecule has 0 unspecified atom stereocenters. The van der Waals surface area contributed by atoms with Crippen LogP contribution in [0.4, 0.5) is 16.3 Å². The van der Waals surface area contributed by atoms with Gasteiger partial charge in [0, 0.05) is 38.1 Å². The van der Waals surface area contributed by atoms with Crippen LogP contribution in [0.3, 0.4) is 0 Å². The number of pyridine rings is 1. The van der Waals surface area contributed by atoms with Gasteiger partial charge in [0.1, 0.15) is 18.2 Å². The van der Waals surface area contributed by atoms with Crippen molar-refractivity contribution in [3.05, 3.63) is 83.5 Å². The first kappa shape index (κ1) is 20.0. The van der Waals surface area contributed by atoms with Gasteiger partial charge in [-0.3, -0.25) is 0 Å². The van der Waals surface area contributed by atoms with Crippen molar-refractivity contribution in [2.75, 3.05) is 36.4 Å². The quantitative estimate of drug-likeness (QED) is 0.649. The fraction of sp³-hybridized carbons (Fsp3) is 0.217. The Hall–Kier alpha value is -3.25. The number of carbonyl (C=O) groups is 1. The second-order valence-corrected chi connectivity index (χ2v) is 7.42. The number of rotatable bonds is 5. The Morgan fingerprint density at radius 2 is 1.70 bits per heavy atom. The van der Waals surface area contributed by atoms with Crippen molar-refractivity contribution in [1.29, 1.82) is 0 Å². The van der Waals surface area contributed by atoms with Crippen molar-refractivity contribution < 1.29 is 9.53 Å². The highest BCUT2D eigenvalue weighted by Gasteiger charge is 2.23. The molecule has 0 saturated carbocycles. The summed E-state index contributed by atoms with van der Waals surface area (Å²) in [6, 6.07) is 21.0. The average molecular weight is 423 g/mol. The molecule has 2 heterocycles. The molecule has 0 spiro atoms. The Morgan fingerprint density at radius 1 is 0.967 bits per heavy atom. The maximum absolute atomic E-state index is 12.6. The molecule has 1 N–H and O–H groups in total. The molecule has 3 aromatic rings. The zero-order chi connectivity index (χ0) is 20.8. The van der Waals surface area contributed by atoms with Crippen molar-refractivity contribution >= 4 is 29.1 Å². The van der Waals surface area contributed by atoms with Gasteiger partial charge in [-0.05, 0) is 42.0 Å². The SMILES string of the molecule is O=C(Nc1ccc(OCc2ccccc2)cc1)N1CCN(c2ncccc2Cl)CC1. The van der Waals surface area contributed by atoms with Crippen LogP contribution in [0.1, 0.15) is 5.56 Å². The average Bonchev–Trinajstić information content (AvgIpc) is 2.80. The summed E-state index contributed by atoms with van der Waals surface area (Å²) in [5, 5.41) is 3.58. The Kier molecular flexibility index (Phi) is 6.35. The molecule has 0 radical (unpaired) electrons. The minimum Gasteiger partial charge on any atom is -0.489 e. The second kappa shape index (κ2) is 9.50. The number of nitrogens with one attached hydrogen (secondary N) is 1. The van der Waals surface area contributed by atoms with Crippen molar-refractivity contribution in [2.45, 2.75) is 6.61 Å². The number of halogens is 1. The molecule has 4 rings (SSSR count). The van der Waals surface area contributed by atoms with E-state index in [0.29, 0.717) is 37.8 Å². The van der Waals surface area contributed by atoms with E-state index in [2.05, 4.69) is 15.2 Å². The molecule has 1 aliphatic rings. The monoisotopic (exact) mass is 422 g/mol. The first-order valence-corrected chi connectivity index (χ1v) is 10.2. The van der Waals surface area contributed by atoms with E-state index in [1.165, 1.54) is 0 Å². The van der Waals surface area contributed by atoms with Gasteiger partial charge in [0.2, 0.25) is 0 Å². The number of urea groups is 1. The summed E-state index contributed by atoms with van der Waals surface area (Å²) in [5.74, 6) is 1.53. The molecule has 30 heavy (non-hydrogen) atoms. The largest absolute Gasteiger partial charge is 0.489 e. The van der Waals surface area contributed by atoms with E-state index >= 15 is 0 Å². The normalized spacial score (nSPS) is 13.8. The number of piperazine rings is 1. The lowest BCUT2D eigenvalue weighted by molar-refractivity contribution is 0.208. The molecule has 1 saturated heterocycles. The first-order chi connectivity index (χ1) is 14.7. The number of amides is 2. The predicted molar refractivity (Wildman–Crippen MR) is 119 cm³/mol. The predicted octanol–water partition coefficient (Wildman–Crippen LogP) is 4.67. The number of nitrogens with zero attached hydrogens (tertiary/aromatic N) is 3. The minimum atomic E-state index is -0.111. The number of hydrogen-bond donors (Lipinski definition) is 1. The number of anilines is 2. The molecule has 0 bridgehead atoms. The summed E-state index contributed by atoms with van der Waals surface area (Å²) in [5.41, 5.74) is 1.85. The summed E-state index contributed by atoms with van der Waals surface area (Å²) in [6.45, 7) is 3.11. The Morgan fingerprint density at radius 3 is 2.40 bits per heavy atom. The maximum atomic E-state index is 12.6. The van der Waals surface area contributed by atoms with E-state index in [0.717, 1.165) is 22.8 Å². The van der Waals surface area contributed by atoms with E-state index < -0.39 is 0 Å². The molecule has 6 nitrogen and oxygen atoms in total. The van der Waals surface area contributed by atoms with E-state index in [1.807, 2.05) is 66.7 Å². The zero-order valence-electron chi connectivity index (χ0n) is 16.5. The van der Waals surface area contributed by atoms with Crippen molar-refractivity contribution in [1.82, 2.24) is 9.88 Å². The van der Waals surface area contributed by atoms with Crippen LogP contribution in [0, 0.1) is 0 Å². The van der Waals surface area contributed by atoms with Crippen molar-refractivity contribution in [3.63, 3.8) is 0 Å². The Bertz CT molecular complexity index is 974. The molecule has 0 atom stereocenters. The van der Waals surface area contributed by atoms with Gasteiger partial charge < -0.3 is 19.9 Å². The van der Waals surface area contributed by atoms with E-state index in [9.17, 15) is 4.79 Å². The summed E-state index contributed by atoms with van der Waals surface area (Å²) >= 11 is 6.23. The van der Waals surface area contributed by atoms with Gasteiger partial charge in [0.15, 0.2) is 0 Å². The van der Waals surface area contributed by atoms with E-state index in [4.69, 9.17) is 16.3 Å². The number of aromatic nitrogens is 1. The molecule has 2 amide bonds. The van der Waals surface area contributed by atoms with Gasteiger partial charge in [-0.15, -0.1) is 0 Å². The van der Waals surface area contributed by atoms with Gasteiger partial charge >= 0.3 is 6.03 Å². The Balaban J connectivity index is 1.26. The van der Waals surface area contributed by atoms with Crippen LogP contribution in [-0.2, 0) is 6.61 Å². The van der Waals surface area contributed by atoms with Gasteiger partial charge in [0.25, 0.3) is 0 Å². The topological polar surface area (TPSA) is 57.7 Å². The molecular formula is C23H23ClN4O2. The van der Waals surface area contributed by atoms with E-state index in [1.54, 1.807) is 11.1 Å². The fourth-order valence-electron chi connectivity index (χ4n) is 3.31. The summed E-state index contributed by atoms with van der Waals surface area (Å²) in [4.78, 5) is 20.8. The van der Waals surface area contributed by atoms with Crippen molar-refractivity contribution in [2.24, 2.45) is 0 Å². The maximum Gasteiger partial charge on any atom is 0.321 e. The zero-order valence-corrected chi connectivity index (χ0v) is 17.3. The summed E-state index contributed by atoms with van der Waals surface area (Å²) in [7, 11) is 0. The number of hydrogen-bond acceptors (Lipinski definition) is 4. The highest BCUT2D eigenvalue weighted by Crippen LogP contribution is 2.23. The van der Waals surface area contributed by atoms with Crippen LogP contribution >= 0.6 is 11.6 Å². The minimum absolute atomic E-state index is 0.111. The lowest BCUT2D eigenvalue weighted by Crippen LogP contribution is -2.50. The van der Waals surface area contributed by atoms with Crippen LogP contribution < -0.4 is 15.0 Å². The summed E-state index contributed by atoms with van der Waals surface area (Å²) in [6.07, 6.45) is 1.73. The smallest absolute Gasteiger partial charge is 0.321 e. The van der Waals surface area contributed by atoms with Gasteiger partial charge in [0.05, 0.1) is 5.02 Å². The second-order valence-electron chi connectivity index (χ2n) is 7.01. The third-order valence-corrected chi connectivity index (χ3v) is 5.25. The fourth-order valence-corrected chi connectivity index (χ4v) is 3.55. The number of ether oxygens (including phenoxy) is 1. The van der Waals surface area contributed by atoms with Crippen LogP contribution in [0.25, 0.3) is 0 Å². The van der Waals surface area contributed by atoms with Gasteiger partial charge in [-0.2, -0.15) is 0 Å². The molecule has 1 fully saturated rings. The molecule has 1 aromatic heterocycles. The summed E-state index contributed by atoms with van der Waals surface area (Å²) < 4.78 is 5.79. The van der Waals surface area contributed by atoms with Gasteiger partial charge in [-0.25, -0.2) is 9.78 Å².